The Morgan fingerprint density at radius 3 is 2.79 bits per heavy atom. The molecule has 7 heteroatoms. The van der Waals surface area contributed by atoms with Crippen LogP contribution in [-0.4, -0.2) is 25.9 Å². The topological polar surface area (TPSA) is 90.4 Å². The molecule has 4 heterocycles. The van der Waals surface area contributed by atoms with Crippen molar-refractivity contribution in [1.82, 2.24) is 24.7 Å². The molecular weight excluding hydrogens is 364 g/mol. The largest absolute Gasteiger partial charge is 0.473 e. The van der Waals surface area contributed by atoms with Crippen molar-refractivity contribution < 1.29 is 4.74 Å². The Kier molecular flexibility index (Phi) is 4.57. The van der Waals surface area contributed by atoms with Crippen molar-refractivity contribution in [1.29, 1.82) is 0 Å². The predicted molar refractivity (Wildman–Crippen MR) is 111 cm³/mol. The molecule has 5 rings (SSSR count). The van der Waals surface area contributed by atoms with E-state index in [1.807, 2.05) is 53.1 Å². The third-order valence-electron chi connectivity index (χ3n) is 5.22. The molecule has 1 aromatic carbocycles. The van der Waals surface area contributed by atoms with Gasteiger partial charge in [-0.3, -0.25) is 4.40 Å². The number of rotatable bonds is 5. The van der Waals surface area contributed by atoms with Crippen LogP contribution >= 0.6 is 0 Å². The van der Waals surface area contributed by atoms with Crippen molar-refractivity contribution in [2.75, 3.05) is 12.3 Å². The number of imidazole rings is 1. The Morgan fingerprint density at radius 1 is 1.14 bits per heavy atom. The maximum Gasteiger partial charge on any atom is 0.213 e. The van der Waals surface area contributed by atoms with Gasteiger partial charge in [0.1, 0.15) is 29.5 Å². The summed E-state index contributed by atoms with van der Waals surface area (Å²) in [5.41, 5.74) is 9.81. The first-order valence-corrected chi connectivity index (χ1v) is 9.78. The monoisotopic (exact) mass is 386 g/mol. The summed E-state index contributed by atoms with van der Waals surface area (Å²) >= 11 is 0. The fourth-order valence-electron chi connectivity index (χ4n) is 3.78. The van der Waals surface area contributed by atoms with Gasteiger partial charge in [0, 0.05) is 30.2 Å². The summed E-state index contributed by atoms with van der Waals surface area (Å²) < 4.78 is 7.84. The number of hydrogen-bond donors (Lipinski definition) is 2. The zero-order valence-corrected chi connectivity index (χ0v) is 16.0. The quantitative estimate of drug-likeness (QED) is 0.546. The molecule has 0 spiro atoms. The summed E-state index contributed by atoms with van der Waals surface area (Å²) in [6, 6.07) is 14.1. The summed E-state index contributed by atoms with van der Waals surface area (Å²) in [6.45, 7) is 1.49. The average molecular weight is 386 g/mol. The third kappa shape index (κ3) is 3.40. The van der Waals surface area contributed by atoms with E-state index >= 15 is 0 Å². The van der Waals surface area contributed by atoms with E-state index in [2.05, 4.69) is 15.3 Å². The van der Waals surface area contributed by atoms with Crippen molar-refractivity contribution >= 4 is 11.3 Å². The van der Waals surface area contributed by atoms with Gasteiger partial charge in [-0.15, -0.1) is 0 Å². The highest BCUT2D eigenvalue weighted by molar-refractivity contribution is 5.85. The zero-order chi connectivity index (χ0) is 19.6. The van der Waals surface area contributed by atoms with E-state index in [0.717, 1.165) is 47.5 Å². The third-order valence-corrected chi connectivity index (χ3v) is 5.22. The Bertz CT molecular complexity index is 1120. The Labute approximate surface area is 168 Å². The molecule has 7 nitrogen and oxygen atoms in total. The number of pyridine rings is 1. The molecule has 146 valence electrons. The number of benzene rings is 1. The summed E-state index contributed by atoms with van der Waals surface area (Å²) in [6.07, 6.45) is 7.62. The normalized spacial score (nSPS) is 16.3. The van der Waals surface area contributed by atoms with Crippen molar-refractivity contribution in [3.8, 4) is 17.1 Å². The molecule has 0 amide bonds. The minimum Gasteiger partial charge on any atom is -0.473 e. The molecule has 1 aliphatic heterocycles. The fourth-order valence-corrected chi connectivity index (χ4v) is 3.78. The molecule has 4 aromatic rings. The lowest BCUT2D eigenvalue weighted by molar-refractivity contribution is 0.294. The van der Waals surface area contributed by atoms with E-state index in [1.165, 1.54) is 0 Å². The summed E-state index contributed by atoms with van der Waals surface area (Å²) in [5, 5.41) is 3.51. The molecule has 1 atom stereocenters. The van der Waals surface area contributed by atoms with Crippen LogP contribution in [0.15, 0.2) is 61.1 Å². The zero-order valence-electron chi connectivity index (χ0n) is 16.0. The number of hydrogen-bond acceptors (Lipinski definition) is 6. The van der Waals surface area contributed by atoms with Crippen LogP contribution in [-0.2, 0) is 6.61 Å². The van der Waals surface area contributed by atoms with Gasteiger partial charge in [0.25, 0.3) is 0 Å². The van der Waals surface area contributed by atoms with Crippen LogP contribution < -0.4 is 15.8 Å². The number of nitrogens with one attached hydrogen (secondary N) is 1. The second-order valence-corrected chi connectivity index (χ2v) is 7.16. The minimum absolute atomic E-state index is 0.222. The molecule has 29 heavy (non-hydrogen) atoms. The second kappa shape index (κ2) is 7.52. The summed E-state index contributed by atoms with van der Waals surface area (Å²) in [5.74, 6) is 2.00. The maximum absolute atomic E-state index is 6.21. The lowest BCUT2D eigenvalue weighted by atomic mass is 10.2. The van der Waals surface area contributed by atoms with Gasteiger partial charge in [-0.2, -0.15) is 0 Å². The Hall–Kier alpha value is -3.45. The molecule has 1 saturated heterocycles. The smallest absolute Gasteiger partial charge is 0.213 e. The fraction of sp³-hybridized carbons (Fsp3) is 0.227. The van der Waals surface area contributed by atoms with Crippen LogP contribution in [0.3, 0.4) is 0 Å². The molecule has 1 fully saturated rings. The molecule has 0 saturated carbocycles. The van der Waals surface area contributed by atoms with Crippen molar-refractivity contribution in [2.24, 2.45) is 0 Å². The first-order chi connectivity index (χ1) is 14.3. The maximum atomic E-state index is 6.21. The highest BCUT2D eigenvalue weighted by Gasteiger charge is 2.24. The number of nitrogens with two attached hydrogens (primary N) is 1. The molecule has 0 aliphatic carbocycles. The molecule has 3 N–H and O–H groups in total. The summed E-state index contributed by atoms with van der Waals surface area (Å²) in [4.78, 5) is 13.7. The van der Waals surface area contributed by atoms with Crippen LogP contribution in [0.5, 0.6) is 5.88 Å². The highest BCUT2D eigenvalue weighted by Crippen LogP contribution is 2.32. The van der Waals surface area contributed by atoms with E-state index in [0.29, 0.717) is 18.3 Å². The first kappa shape index (κ1) is 17.6. The second-order valence-electron chi connectivity index (χ2n) is 7.16. The van der Waals surface area contributed by atoms with Crippen molar-refractivity contribution in [3.63, 3.8) is 0 Å². The van der Waals surface area contributed by atoms with Gasteiger partial charge in [-0.1, -0.05) is 30.3 Å². The van der Waals surface area contributed by atoms with E-state index in [-0.39, 0.29) is 6.04 Å². The molecule has 1 aliphatic rings. The molecular formula is C22H22N6O. The predicted octanol–water partition coefficient (Wildman–Crippen LogP) is 3.38. The first-order valence-electron chi connectivity index (χ1n) is 9.78. The lowest BCUT2D eigenvalue weighted by Gasteiger charge is -2.08. The van der Waals surface area contributed by atoms with Crippen LogP contribution in [0, 0.1) is 0 Å². The van der Waals surface area contributed by atoms with Crippen LogP contribution in [0.4, 0.5) is 5.82 Å². The van der Waals surface area contributed by atoms with Gasteiger partial charge in [0.15, 0.2) is 0 Å². The van der Waals surface area contributed by atoms with E-state index in [9.17, 15) is 0 Å². The highest BCUT2D eigenvalue weighted by atomic mass is 16.5. The number of fused-ring (bicyclic) bond motifs is 1. The molecule has 0 bridgehead atoms. The van der Waals surface area contributed by atoms with E-state index in [1.54, 1.807) is 12.4 Å². The van der Waals surface area contributed by atoms with Crippen LogP contribution in [0.1, 0.15) is 30.3 Å². The minimum atomic E-state index is 0.222. The van der Waals surface area contributed by atoms with Crippen molar-refractivity contribution in [2.45, 2.75) is 25.5 Å². The molecule has 0 unspecified atom stereocenters. The molecule has 0 radical (unpaired) electrons. The van der Waals surface area contributed by atoms with E-state index < -0.39 is 0 Å². The number of ether oxygens (including phenoxy) is 1. The van der Waals surface area contributed by atoms with Crippen LogP contribution in [0.2, 0.25) is 0 Å². The summed E-state index contributed by atoms with van der Waals surface area (Å²) in [7, 11) is 0. The van der Waals surface area contributed by atoms with Gasteiger partial charge in [0.2, 0.25) is 5.88 Å². The SMILES string of the molecule is Nc1nccn2c([C@@H]3CCCN3)nc(-c3ccc(OCc4ccccc4)nc3)c12. The Morgan fingerprint density at radius 2 is 2.03 bits per heavy atom. The molecule has 3 aromatic heterocycles. The van der Waals surface area contributed by atoms with Crippen molar-refractivity contribution in [3.05, 3.63) is 72.4 Å². The van der Waals surface area contributed by atoms with Gasteiger partial charge < -0.3 is 15.8 Å². The average Bonchev–Trinajstić information content (AvgIpc) is 3.42. The van der Waals surface area contributed by atoms with Gasteiger partial charge >= 0.3 is 0 Å². The standard InChI is InChI=1S/C22H22N6O/c23-21-20-19(27-22(17-7-4-10-24-17)28(20)12-11-25-21)16-8-9-18(26-13-16)29-14-15-5-2-1-3-6-15/h1-3,5-6,8-9,11-13,17,24H,4,7,10,14H2,(H2,23,25)/t17-/m0/s1. The van der Waals surface area contributed by atoms with Gasteiger partial charge in [0.05, 0.1) is 6.04 Å². The Balaban J connectivity index is 1.46. The van der Waals surface area contributed by atoms with Crippen LogP contribution in [0.25, 0.3) is 16.8 Å². The number of nitrogen functional groups attached to an aromatic ring is 1. The number of aromatic nitrogens is 4. The van der Waals surface area contributed by atoms with Gasteiger partial charge in [-0.05, 0) is 31.0 Å². The van der Waals surface area contributed by atoms with Gasteiger partial charge in [-0.25, -0.2) is 15.0 Å². The lowest BCUT2D eigenvalue weighted by Crippen LogP contribution is -2.15. The number of nitrogens with zero attached hydrogens (tertiary/aromatic N) is 4. The van der Waals surface area contributed by atoms with E-state index in [4.69, 9.17) is 15.5 Å². The number of anilines is 1.